The number of hydrogen-bond acceptors (Lipinski definition) is 5. The second-order valence-corrected chi connectivity index (χ2v) is 10.5. The van der Waals surface area contributed by atoms with Crippen LogP contribution in [0.25, 0.3) is 0 Å². The molecule has 2 spiro atoms. The monoisotopic (exact) mass is 378 g/mol. The fourth-order valence-electron chi connectivity index (χ4n) is 7.69. The molecule has 0 N–H and O–H groups in total. The lowest BCUT2D eigenvalue weighted by molar-refractivity contribution is -0.324. The van der Waals surface area contributed by atoms with Crippen molar-refractivity contribution in [2.45, 2.75) is 96.2 Å². The summed E-state index contributed by atoms with van der Waals surface area (Å²) in [6.07, 6.45) is 7.14. The van der Waals surface area contributed by atoms with Gasteiger partial charge in [0.1, 0.15) is 12.2 Å². The zero-order chi connectivity index (χ0) is 19.1. The molecule has 0 radical (unpaired) electrons. The molecular formula is C22H34O5. The number of carbonyl (C=O) groups is 1. The summed E-state index contributed by atoms with van der Waals surface area (Å²) in [5, 5.41) is 0. The minimum Gasteiger partial charge on any atom is -0.463 e. The Hall–Kier alpha value is -0.650. The molecule has 5 rings (SSSR count). The van der Waals surface area contributed by atoms with Crippen molar-refractivity contribution >= 4 is 5.97 Å². The van der Waals surface area contributed by atoms with Crippen molar-refractivity contribution < 1.29 is 23.7 Å². The predicted octanol–water partition coefficient (Wildman–Crippen LogP) is 3.84. The second-order valence-electron chi connectivity index (χ2n) is 10.5. The Kier molecular flexibility index (Phi) is 3.88. The van der Waals surface area contributed by atoms with E-state index in [1.807, 2.05) is 6.92 Å². The molecule has 0 aromatic rings. The van der Waals surface area contributed by atoms with E-state index in [0.717, 1.165) is 32.3 Å². The normalized spacial score (nSPS) is 57.6. The summed E-state index contributed by atoms with van der Waals surface area (Å²) in [6, 6.07) is 0. The van der Waals surface area contributed by atoms with E-state index < -0.39 is 0 Å². The van der Waals surface area contributed by atoms with Crippen molar-refractivity contribution in [3.8, 4) is 0 Å². The van der Waals surface area contributed by atoms with Crippen LogP contribution in [-0.4, -0.2) is 42.8 Å². The molecular weight excluding hydrogens is 344 g/mol. The molecule has 0 amide bonds. The van der Waals surface area contributed by atoms with Crippen LogP contribution in [0.2, 0.25) is 0 Å². The highest BCUT2D eigenvalue weighted by molar-refractivity contribution is 5.73. The maximum atomic E-state index is 11.9. The average molecular weight is 379 g/mol. The highest BCUT2D eigenvalue weighted by atomic mass is 16.7. The summed E-state index contributed by atoms with van der Waals surface area (Å²) in [7, 11) is 0. The van der Waals surface area contributed by atoms with Crippen LogP contribution in [0.3, 0.4) is 0 Å². The Morgan fingerprint density at radius 1 is 1.00 bits per heavy atom. The maximum Gasteiger partial charge on any atom is 0.308 e. The molecule has 0 aromatic heterocycles. The Balaban J connectivity index is 1.51. The van der Waals surface area contributed by atoms with Crippen molar-refractivity contribution in [1.82, 2.24) is 0 Å². The van der Waals surface area contributed by atoms with Gasteiger partial charge in [-0.05, 0) is 57.3 Å². The Morgan fingerprint density at radius 2 is 1.81 bits per heavy atom. The Bertz CT molecular complexity index is 651. The van der Waals surface area contributed by atoms with Crippen LogP contribution in [-0.2, 0) is 23.7 Å². The molecule has 0 bridgehead atoms. The van der Waals surface area contributed by atoms with Gasteiger partial charge in [-0.15, -0.1) is 0 Å². The van der Waals surface area contributed by atoms with Crippen molar-refractivity contribution in [1.29, 1.82) is 0 Å². The van der Waals surface area contributed by atoms with Crippen LogP contribution in [0.5, 0.6) is 0 Å². The van der Waals surface area contributed by atoms with E-state index in [1.54, 1.807) is 0 Å². The number of rotatable bonds is 0. The van der Waals surface area contributed by atoms with E-state index in [1.165, 1.54) is 12.8 Å². The van der Waals surface area contributed by atoms with Gasteiger partial charge in [0.05, 0.1) is 24.7 Å². The van der Waals surface area contributed by atoms with Gasteiger partial charge in [-0.1, -0.05) is 20.8 Å². The lowest BCUT2D eigenvalue weighted by Gasteiger charge is -2.66. The zero-order valence-corrected chi connectivity index (χ0v) is 17.2. The fourth-order valence-corrected chi connectivity index (χ4v) is 7.69. The van der Waals surface area contributed by atoms with Crippen LogP contribution >= 0.6 is 0 Å². The molecule has 152 valence electrons. The van der Waals surface area contributed by atoms with Gasteiger partial charge in [0.25, 0.3) is 0 Å². The van der Waals surface area contributed by atoms with Crippen molar-refractivity contribution in [2.24, 2.45) is 22.7 Å². The topological polar surface area (TPSA) is 54.0 Å². The molecule has 5 nitrogen and oxygen atoms in total. The van der Waals surface area contributed by atoms with Gasteiger partial charge in [-0.25, -0.2) is 0 Å². The molecule has 0 aromatic carbocycles. The molecule has 8 atom stereocenters. The first-order valence-electron chi connectivity index (χ1n) is 10.9. The minimum atomic E-state index is -0.387. The third-order valence-electron chi connectivity index (χ3n) is 9.18. The van der Waals surface area contributed by atoms with Gasteiger partial charge in [0.2, 0.25) is 0 Å². The number of carbonyl (C=O) groups excluding carboxylic acids is 1. The van der Waals surface area contributed by atoms with Gasteiger partial charge in [-0.2, -0.15) is 0 Å². The van der Waals surface area contributed by atoms with Crippen LogP contribution in [0, 0.1) is 22.7 Å². The van der Waals surface area contributed by atoms with Crippen LogP contribution in [0.15, 0.2) is 0 Å². The second kappa shape index (κ2) is 5.70. The van der Waals surface area contributed by atoms with E-state index >= 15 is 0 Å². The van der Waals surface area contributed by atoms with Gasteiger partial charge in [0, 0.05) is 10.8 Å². The largest absolute Gasteiger partial charge is 0.463 e. The fraction of sp³-hybridized carbons (Fsp3) is 0.955. The minimum absolute atomic E-state index is 0.0355. The Morgan fingerprint density at radius 3 is 2.56 bits per heavy atom. The molecule has 3 saturated heterocycles. The van der Waals surface area contributed by atoms with Crippen molar-refractivity contribution in [2.75, 3.05) is 13.2 Å². The van der Waals surface area contributed by atoms with E-state index in [0.29, 0.717) is 24.9 Å². The number of ether oxygens (including phenoxy) is 4. The molecule has 5 aliphatic rings. The molecule has 2 saturated carbocycles. The van der Waals surface area contributed by atoms with Crippen molar-refractivity contribution in [3.05, 3.63) is 0 Å². The van der Waals surface area contributed by atoms with Gasteiger partial charge in [-0.3, -0.25) is 4.79 Å². The average Bonchev–Trinajstić information content (AvgIpc) is 3.18. The first-order chi connectivity index (χ1) is 12.7. The molecule has 0 unspecified atom stereocenters. The summed E-state index contributed by atoms with van der Waals surface area (Å²) in [5.74, 6) is 0.912. The molecule has 27 heavy (non-hydrogen) atoms. The molecule has 5 heteroatoms. The number of fused-ring (bicyclic) bond motifs is 4. The summed E-state index contributed by atoms with van der Waals surface area (Å²) >= 11 is 0. The summed E-state index contributed by atoms with van der Waals surface area (Å²) in [4.78, 5) is 11.9. The van der Waals surface area contributed by atoms with E-state index in [9.17, 15) is 4.79 Å². The van der Waals surface area contributed by atoms with Gasteiger partial charge < -0.3 is 18.9 Å². The van der Waals surface area contributed by atoms with Crippen molar-refractivity contribution in [3.63, 3.8) is 0 Å². The summed E-state index contributed by atoms with van der Waals surface area (Å²) < 4.78 is 24.6. The van der Waals surface area contributed by atoms with Gasteiger partial charge in [0.15, 0.2) is 6.29 Å². The number of cyclic esters (lactones) is 1. The van der Waals surface area contributed by atoms with E-state index in [2.05, 4.69) is 20.8 Å². The molecule has 3 heterocycles. The van der Waals surface area contributed by atoms with E-state index in [-0.39, 0.29) is 40.4 Å². The lowest BCUT2D eigenvalue weighted by Crippen LogP contribution is -2.68. The predicted molar refractivity (Wildman–Crippen MR) is 99.0 cm³/mol. The molecule has 2 aliphatic carbocycles. The summed E-state index contributed by atoms with van der Waals surface area (Å²) in [6.45, 7) is 10.4. The standard InChI is InChI=1S/C22H34O5/c1-14-5-6-16-19(3)12-24-15(2)26-17(19)7-8-20(16,4)22(14)10-9-21(27-22)11-18(23)25-13-21/h14-17H,5-13H2,1-4H3/t14-,15+,16-,17-,19+,20+,21-,22+/m1/s1. The maximum absolute atomic E-state index is 11.9. The third kappa shape index (κ3) is 2.31. The first-order valence-corrected chi connectivity index (χ1v) is 10.9. The lowest BCUT2D eigenvalue weighted by atomic mass is 9.43. The smallest absolute Gasteiger partial charge is 0.308 e. The molecule has 5 fully saturated rings. The molecule has 3 aliphatic heterocycles. The number of hydrogen-bond donors (Lipinski definition) is 0. The highest BCUT2D eigenvalue weighted by Crippen LogP contribution is 2.69. The first kappa shape index (κ1) is 18.4. The van der Waals surface area contributed by atoms with Crippen LogP contribution in [0.4, 0.5) is 0 Å². The number of esters is 1. The zero-order valence-electron chi connectivity index (χ0n) is 17.2. The summed E-state index contributed by atoms with van der Waals surface area (Å²) in [5.41, 5.74) is -0.435. The third-order valence-corrected chi connectivity index (χ3v) is 9.18. The quantitative estimate of drug-likeness (QED) is 0.600. The SMILES string of the molecule is C[C@H]1OC[C@@]2(C)[C@H]3CC[C@@H](C)[C@@]4(CC[C@@]5(COC(=O)C5)O4)[C@@]3(C)CC[C@H]2O1. The van der Waals surface area contributed by atoms with E-state index in [4.69, 9.17) is 18.9 Å². The van der Waals surface area contributed by atoms with Crippen LogP contribution in [0.1, 0.15) is 72.6 Å². The highest BCUT2D eigenvalue weighted by Gasteiger charge is 2.70. The Labute approximate surface area is 162 Å². The van der Waals surface area contributed by atoms with Crippen LogP contribution < -0.4 is 0 Å². The van der Waals surface area contributed by atoms with Gasteiger partial charge >= 0.3 is 5.97 Å².